The number of hydrogen-bond acceptors (Lipinski definition) is 2. The van der Waals surface area contributed by atoms with Crippen molar-refractivity contribution >= 4 is 11.9 Å². The Morgan fingerprint density at radius 1 is 1.14 bits per heavy atom. The van der Waals surface area contributed by atoms with Crippen molar-refractivity contribution in [2.45, 2.75) is 33.6 Å². The molecule has 3 unspecified atom stereocenters. The van der Waals surface area contributed by atoms with Gasteiger partial charge in [0.25, 0.3) is 0 Å². The van der Waals surface area contributed by atoms with E-state index in [-0.39, 0.29) is 5.92 Å². The van der Waals surface area contributed by atoms with E-state index in [0.29, 0.717) is 12.8 Å². The van der Waals surface area contributed by atoms with Crippen LogP contribution < -0.4 is 0 Å². The zero-order valence-electron chi connectivity index (χ0n) is 8.86. The first-order valence-corrected chi connectivity index (χ1v) is 4.85. The molecule has 0 fully saturated rings. The third-order valence-corrected chi connectivity index (χ3v) is 2.59. The van der Waals surface area contributed by atoms with Crippen molar-refractivity contribution in [3.63, 3.8) is 0 Å². The van der Waals surface area contributed by atoms with Crippen molar-refractivity contribution in [3.8, 4) is 0 Å². The number of rotatable bonds is 6. The van der Waals surface area contributed by atoms with E-state index in [1.54, 1.807) is 20.8 Å². The summed E-state index contributed by atoms with van der Waals surface area (Å²) in [5.41, 5.74) is 0. The molecule has 0 bridgehead atoms. The lowest BCUT2D eigenvalue weighted by Crippen LogP contribution is -2.24. The van der Waals surface area contributed by atoms with Crippen molar-refractivity contribution in [1.29, 1.82) is 0 Å². The van der Waals surface area contributed by atoms with Crippen LogP contribution in [0.4, 0.5) is 0 Å². The second-order valence-electron chi connectivity index (χ2n) is 3.81. The normalized spacial score (nSPS) is 17.1. The highest BCUT2D eigenvalue weighted by molar-refractivity contribution is 5.71. The van der Waals surface area contributed by atoms with E-state index < -0.39 is 23.8 Å². The smallest absolute Gasteiger partial charge is 0.306 e. The maximum absolute atomic E-state index is 10.8. The number of carbonyl (C=O) groups is 2. The summed E-state index contributed by atoms with van der Waals surface area (Å²) in [6.07, 6.45) is 0.961. The van der Waals surface area contributed by atoms with E-state index in [4.69, 9.17) is 10.2 Å². The summed E-state index contributed by atoms with van der Waals surface area (Å²) in [6.45, 7) is 5.20. The largest absolute Gasteiger partial charge is 0.481 e. The molecule has 0 aliphatic rings. The van der Waals surface area contributed by atoms with Crippen LogP contribution in [0, 0.1) is 17.8 Å². The van der Waals surface area contributed by atoms with Crippen LogP contribution >= 0.6 is 0 Å². The van der Waals surface area contributed by atoms with Crippen LogP contribution in [0.25, 0.3) is 0 Å². The van der Waals surface area contributed by atoms with Crippen molar-refractivity contribution in [3.05, 3.63) is 0 Å². The molecule has 0 aromatic rings. The molecule has 2 N–H and O–H groups in total. The standard InChI is InChI=1S/C10H18O4/c1-4-8(10(13)14)6(2)5-7(3)9(11)12/h6-8H,4-5H2,1-3H3,(H,11,12)(H,13,14). The summed E-state index contributed by atoms with van der Waals surface area (Å²) >= 11 is 0. The molecule has 0 heterocycles. The molecule has 0 radical (unpaired) electrons. The average molecular weight is 202 g/mol. The molecule has 0 aromatic heterocycles. The predicted molar refractivity (Wildman–Crippen MR) is 52.0 cm³/mol. The van der Waals surface area contributed by atoms with Gasteiger partial charge < -0.3 is 10.2 Å². The van der Waals surface area contributed by atoms with Gasteiger partial charge >= 0.3 is 11.9 Å². The Hall–Kier alpha value is -1.06. The fraction of sp³-hybridized carbons (Fsp3) is 0.800. The van der Waals surface area contributed by atoms with E-state index in [1.165, 1.54) is 0 Å². The minimum absolute atomic E-state index is 0.0939. The molecule has 0 aliphatic carbocycles. The van der Waals surface area contributed by atoms with E-state index >= 15 is 0 Å². The third-order valence-electron chi connectivity index (χ3n) is 2.59. The molecule has 82 valence electrons. The van der Waals surface area contributed by atoms with Gasteiger partial charge in [0, 0.05) is 0 Å². The fourth-order valence-corrected chi connectivity index (χ4v) is 1.64. The quantitative estimate of drug-likeness (QED) is 0.689. The van der Waals surface area contributed by atoms with Crippen LogP contribution in [-0.4, -0.2) is 22.2 Å². The Labute approximate surface area is 83.9 Å². The van der Waals surface area contributed by atoms with Gasteiger partial charge in [0.15, 0.2) is 0 Å². The maximum Gasteiger partial charge on any atom is 0.306 e. The number of carboxylic acids is 2. The highest BCUT2D eigenvalue weighted by Gasteiger charge is 2.25. The summed E-state index contributed by atoms with van der Waals surface area (Å²) in [4.78, 5) is 21.3. The minimum Gasteiger partial charge on any atom is -0.481 e. The number of aliphatic carboxylic acids is 2. The van der Waals surface area contributed by atoms with Crippen LogP contribution in [0.2, 0.25) is 0 Å². The Morgan fingerprint density at radius 2 is 1.64 bits per heavy atom. The second kappa shape index (κ2) is 5.62. The maximum atomic E-state index is 10.8. The molecule has 0 saturated carbocycles. The zero-order chi connectivity index (χ0) is 11.3. The van der Waals surface area contributed by atoms with Gasteiger partial charge in [-0.1, -0.05) is 20.8 Å². The van der Waals surface area contributed by atoms with E-state index in [2.05, 4.69) is 0 Å². The van der Waals surface area contributed by atoms with Crippen LogP contribution in [0.5, 0.6) is 0 Å². The molecular formula is C10H18O4. The first-order chi connectivity index (χ1) is 6.40. The molecule has 4 nitrogen and oxygen atoms in total. The molecule has 0 aromatic carbocycles. The highest BCUT2D eigenvalue weighted by atomic mass is 16.4. The number of carboxylic acid groups (broad SMARTS) is 2. The van der Waals surface area contributed by atoms with Gasteiger partial charge in [-0.2, -0.15) is 0 Å². The zero-order valence-corrected chi connectivity index (χ0v) is 8.86. The van der Waals surface area contributed by atoms with Gasteiger partial charge in [0.05, 0.1) is 11.8 Å². The summed E-state index contributed by atoms with van der Waals surface area (Å²) < 4.78 is 0. The predicted octanol–water partition coefficient (Wildman–Crippen LogP) is 1.84. The molecular weight excluding hydrogens is 184 g/mol. The van der Waals surface area contributed by atoms with Gasteiger partial charge in [0.2, 0.25) is 0 Å². The molecule has 0 amide bonds. The first-order valence-electron chi connectivity index (χ1n) is 4.85. The summed E-state index contributed by atoms with van der Waals surface area (Å²) in [6, 6.07) is 0. The van der Waals surface area contributed by atoms with Crippen molar-refractivity contribution in [2.75, 3.05) is 0 Å². The van der Waals surface area contributed by atoms with Crippen LogP contribution in [-0.2, 0) is 9.59 Å². The summed E-state index contributed by atoms with van der Waals surface area (Å²) in [5, 5.41) is 17.5. The lowest BCUT2D eigenvalue weighted by atomic mass is 9.85. The summed E-state index contributed by atoms with van der Waals surface area (Å²) in [5.74, 6) is -2.70. The summed E-state index contributed by atoms with van der Waals surface area (Å²) in [7, 11) is 0. The van der Waals surface area contributed by atoms with Gasteiger partial charge in [-0.15, -0.1) is 0 Å². The van der Waals surface area contributed by atoms with Crippen molar-refractivity contribution in [2.24, 2.45) is 17.8 Å². The topological polar surface area (TPSA) is 74.6 Å². The highest BCUT2D eigenvalue weighted by Crippen LogP contribution is 2.23. The molecule has 4 heteroatoms. The molecule has 0 rings (SSSR count). The monoisotopic (exact) mass is 202 g/mol. The fourth-order valence-electron chi connectivity index (χ4n) is 1.64. The van der Waals surface area contributed by atoms with Gasteiger partial charge in [-0.3, -0.25) is 9.59 Å². The van der Waals surface area contributed by atoms with Crippen molar-refractivity contribution < 1.29 is 19.8 Å². The van der Waals surface area contributed by atoms with Gasteiger partial charge in [-0.25, -0.2) is 0 Å². The van der Waals surface area contributed by atoms with Crippen LogP contribution in [0.1, 0.15) is 33.6 Å². The SMILES string of the molecule is CCC(C(=O)O)C(C)CC(C)C(=O)O. The van der Waals surface area contributed by atoms with E-state index in [9.17, 15) is 9.59 Å². The van der Waals surface area contributed by atoms with E-state index in [1.807, 2.05) is 0 Å². The molecule has 3 atom stereocenters. The lowest BCUT2D eigenvalue weighted by molar-refractivity contribution is -0.146. The second-order valence-corrected chi connectivity index (χ2v) is 3.81. The minimum atomic E-state index is -0.864. The lowest BCUT2D eigenvalue weighted by Gasteiger charge is -2.20. The van der Waals surface area contributed by atoms with Gasteiger partial charge in [-0.05, 0) is 18.8 Å². The first kappa shape index (κ1) is 12.9. The average Bonchev–Trinajstić information content (AvgIpc) is 2.04. The van der Waals surface area contributed by atoms with E-state index in [0.717, 1.165) is 0 Å². The molecule has 0 aliphatic heterocycles. The number of hydrogen-bond donors (Lipinski definition) is 2. The molecule has 0 saturated heterocycles. The van der Waals surface area contributed by atoms with Crippen molar-refractivity contribution in [1.82, 2.24) is 0 Å². The molecule has 14 heavy (non-hydrogen) atoms. The van der Waals surface area contributed by atoms with Crippen LogP contribution in [0.15, 0.2) is 0 Å². The van der Waals surface area contributed by atoms with Gasteiger partial charge in [0.1, 0.15) is 0 Å². The Morgan fingerprint density at radius 3 is 1.93 bits per heavy atom. The molecule has 0 spiro atoms. The Balaban J connectivity index is 4.23. The Kier molecular flexibility index (Phi) is 5.20. The van der Waals surface area contributed by atoms with Crippen LogP contribution in [0.3, 0.4) is 0 Å². The third kappa shape index (κ3) is 3.77. The Bertz CT molecular complexity index is 212.